The van der Waals surface area contributed by atoms with Crippen molar-refractivity contribution in [2.24, 2.45) is 10.2 Å². The first-order chi connectivity index (χ1) is 14.0. The van der Waals surface area contributed by atoms with Gasteiger partial charge >= 0.3 is 0 Å². The molecule has 156 valence electrons. The van der Waals surface area contributed by atoms with Gasteiger partial charge in [-0.25, -0.2) is 4.98 Å². The van der Waals surface area contributed by atoms with Gasteiger partial charge in [0.25, 0.3) is 10.1 Å². The van der Waals surface area contributed by atoms with Gasteiger partial charge in [0.05, 0.1) is 16.3 Å². The molecule has 2 N–H and O–H groups in total. The van der Waals surface area contributed by atoms with Gasteiger partial charge in [-0.3, -0.25) is 4.55 Å². The highest BCUT2D eigenvalue weighted by Gasteiger charge is 2.24. The minimum atomic E-state index is -4.25. The predicted molar refractivity (Wildman–Crippen MR) is 116 cm³/mol. The molecule has 2 aromatic heterocycles. The standard InChI is InChI=1S/C18H18N6O3S3/c1-10-13(9-19)15(29-24-10)22-23-16-14(18(2,3)4)21-17(28-16)20-11-5-7-12(8-6-11)30(25,26)27/h5-8H,1-4H3,(H,20,21)(H,25,26,27)/b23-22+. The molecule has 3 rings (SSSR count). The van der Waals surface area contributed by atoms with Crippen LogP contribution in [-0.4, -0.2) is 22.3 Å². The van der Waals surface area contributed by atoms with Crippen molar-refractivity contribution in [1.29, 1.82) is 5.26 Å². The third-order valence-corrected chi connectivity index (χ3v) is 6.46. The number of anilines is 2. The van der Waals surface area contributed by atoms with Gasteiger partial charge in [-0.05, 0) is 42.7 Å². The van der Waals surface area contributed by atoms with Crippen molar-refractivity contribution in [3.8, 4) is 6.07 Å². The van der Waals surface area contributed by atoms with E-state index in [0.29, 0.717) is 32.1 Å². The summed E-state index contributed by atoms with van der Waals surface area (Å²) < 4.78 is 35.6. The van der Waals surface area contributed by atoms with Crippen LogP contribution in [0.3, 0.4) is 0 Å². The molecule has 0 bridgehead atoms. The number of nitriles is 1. The molecule has 0 saturated carbocycles. The topological polar surface area (TPSA) is 141 Å². The van der Waals surface area contributed by atoms with Crippen molar-refractivity contribution in [1.82, 2.24) is 9.36 Å². The summed E-state index contributed by atoms with van der Waals surface area (Å²) in [6.45, 7) is 7.76. The van der Waals surface area contributed by atoms with E-state index >= 15 is 0 Å². The number of azo groups is 1. The summed E-state index contributed by atoms with van der Waals surface area (Å²) in [6, 6.07) is 7.74. The van der Waals surface area contributed by atoms with E-state index < -0.39 is 10.1 Å². The Labute approximate surface area is 182 Å². The molecule has 30 heavy (non-hydrogen) atoms. The molecule has 0 aliphatic rings. The zero-order chi connectivity index (χ0) is 22.1. The molecular formula is C18H18N6O3S3. The lowest BCUT2D eigenvalue weighted by Crippen LogP contribution is -2.11. The molecule has 0 unspecified atom stereocenters. The summed E-state index contributed by atoms with van der Waals surface area (Å²) in [5.41, 5.74) is 2.05. The molecule has 1 aromatic carbocycles. The van der Waals surface area contributed by atoms with Crippen LogP contribution in [0.5, 0.6) is 0 Å². The van der Waals surface area contributed by atoms with Crippen LogP contribution in [0.4, 0.5) is 20.8 Å². The van der Waals surface area contributed by atoms with Crippen LogP contribution in [0.25, 0.3) is 0 Å². The Balaban J connectivity index is 1.92. The zero-order valence-corrected chi connectivity index (χ0v) is 19.0. The highest BCUT2D eigenvalue weighted by atomic mass is 32.2. The smallest absolute Gasteiger partial charge is 0.294 e. The van der Waals surface area contributed by atoms with Crippen LogP contribution in [0.15, 0.2) is 39.4 Å². The Kier molecular flexibility index (Phi) is 6.00. The second-order valence-electron chi connectivity index (χ2n) is 7.31. The first kappa shape index (κ1) is 22.0. The maximum Gasteiger partial charge on any atom is 0.294 e. The largest absolute Gasteiger partial charge is 0.331 e. The number of rotatable bonds is 5. The van der Waals surface area contributed by atoms with Gasteiger partial charge < -0.3 is 5.32 Å². The lowest BCUT2D eigenvalue weighted by molar-refractivity contribution is 0.483. The summed E-state index contributed by atoms with van der Waals surface area (Å²) in [6.07, 6.45) is 0. The number of nitrogens with zero attached hydrogens (tertiary/aromatic N) is 5. The van der Waals surface area contributed by atoms with Gasteiger partial charge in [0.1, 0.15) is 11.6 Å². The Morgan fingerprint density at radius 1 is 1.17 bits per heavy atom. The predicted octanol–water partition coefficient (Wildman–Crippen LogP) is 5.48. The molecule has 12 heteroatoms. The second-order valence-corrected chi connectivity index (χ2v) is 10.5. The van der Waals surface area contributed by atoms with E-state index in [0.717, 1.165) is 17.2 Å². The average Bonchev–Trinajstić information content (AvgIpc) is 3.22. The molecule has 0 aliphatic carbocycles. The van der Waals surface area contributed by atoms with Crippen LogP contribution in [-0.2, 0) is 15.5 Å². The normalized spacial score (nSPS) is 12.3. The first-order valence-electron chi connectivity index (χ1n) is 8.63. The summed E-state index contributed by atoms with van der Waals surface area (Å²) in [5, 5.41) is 22.5. The highest BCUT2D eigenvalue weighted by Crippen LogP contribution is 2.40. The Hall–Kier alpha value is -2.72. The highest BCUT2D eigenvalue weighted by molar-refractivity contribution is 7.85. The number of aryl methyl sites for hydroxylation is 1. The molecular weight excluding hydrogens is 444 g/mol. The van der Waals surface area contributed by atoms with Crippen molar-refractivity contribution in [2.75, 3.05) is 5.32 Å². The number of hydrogen-bond donors (Lipinski definition) is 2. The van der Waals surface area contributed by atoms with E-state index in [1.54, 1.807) is 6.92 Å². The van der Waals surface area contributed by atoms with Crippen molar-refractivity contribution < 1.29 is 13.0 Å². The van der Waals surface area contributed by atoms with E-state index in [1.165, 1.54) is 35.6 Å². The van der Waals surface area contributed by atoms with Gasteiger partial charge in [0, 0.05) is 11.1 Å². The molecule has 9 nitrogen and oxygen atoms in total. The van der Waals surface area contributed by atoms with Crippen molar-refractivity contribution in [3.05, 3.63) is 41.2 Å². The van der Waals surface area contributed by atoms with Crippen LogP contribution < -0.4 is 5.32 Å². The SMILES string of the molecule is Cc1nsc(/N=N/c2sc(Nc3ccc(S(=O)(=O)O)cc3)nc2C(C)(C)C)c1C#N. The third kappa shape index (κ3) is 4.88. The van der Waals surface area contributed by atoms with Gasteiger partial charge in [0.2, 0.25) is 0 Å². The molecule has 0 radical (unpaired) electrons. The van der Waals surface area contributed by atoms with Crippen LogP contribution in [0.2, 0.25) is 0 Å². The van der Waals surface area contributed by atoms with Gasteiger partial charge in [-0.1, -0.05) is 32.1 Å². The fourth-order valence-electron chi connectivity index (χ4n) is 2.40. The summed E-state index contributed by atoms with van der Waals surface area (Å²) >= 11 is 2.39. The molecule has 0 amide bonds. The van der Waals surface area contributed by atoms with Crippen LogP contribution in [0.1, 0.15) is 37.7 Å². The number of hydrogen-bond acceptors (Lipinski definition) is 10. The van der Waals surface area contributed by atoms with Gasteiger partial charge in [-0.15, -0.1) is 10.2 Å². The average molecular weight is 463 g/mol. The number of aromatic nitrogens is 2. The summed E-state index contributed by atoms with van der Waals surface area (Å²) in [4.78, 5) is 4.43. The summed E-state index contributed by atoms with van der Waals surface area (Å²) in [5.74, 6) is 0. The minimum Gasteiger partial charge on any atom is -0.331 e. The zero-order valence-electron chi connectivity index (χ0n) is 16.5. The number of benzene rings is 1. The molecule has 0 atom stereocenters. The monoisotopic (exact) mass is 462 g/mol. The Bertz CT molecular complexity index is 1250. The molecule has 3 aromatic rings. The van der Waals surface area contributed by atoms with E-state index in [9.17, 15) is 13.7 Å². The second kappa shape index (κ2) is 8.19. The third-order valence-electron chi connectivity index (χ3n) is 3.91. The van der Waals surface area contributed by atoms with Crippen molar-refractivity contribution in [2.45, 2.75) is 38.0 Å². The maximum absolute atomic E-state index is 11.2. The number of thiazole rings is 1. The van der Waals surface area contributed by atoms with Crippen LogP contribution in [0, 0.1) is 18.3 Å². The van der Waals surface area contributed by atoms with Gasteiger partial charge in [0.15, 0.2) is 15.1 Å². The van der Waals surface area contributed by atoms with E-state index in [1.807, 2.05) is 20.8 Å². The minimum absolute atomic E-state index is 0.190. The quantitative estimate of drug-likeness (QED) is 0.377. The van der Waals surface area contributed by atoms with E-state index in [4.69, 9.17) is 4.55 Å². The maximum atomic E-state index is 11.2. The first-order valence-corrected chi connectivity index (χ1v) is 11.7. The molecule has 2 heterocycles. The molecule has 0 saturated heterocycles. The molecule has 0 fully saturated rings. The fraction of sp³-hybridized carbons (Fsp3) is 0.278. The Morgan fingerprint density at radius 3 is 2.37 bits per heavy atom. The van der Waals surface area contributed by atoms with Crippen LogP contribution >= 0.6 is 22.9 Å². The lowest BCUT2D eigenvalue weighted by atomic mass is 9.93. The van der Waals surface area contributed by atoms with Crippen molar-refractivity contribution >= 4 is 53.8 Å². The van der Waals surface area contributed by atoms with E-state index in [2.05, 4.69) is 31.0 Å². The lowest BCUT2D eigenvalue weighted by Gasteiger charge is -2.15. The van der Waals surface area contributed by atoms with Crippen molar-refractivity contribution in [3.63, 3.8) is 0 Å². The summed E-state index contributed by atoms with van der Waals surface area (Å²) in [7, 11) is -4.25. The number of nitrogens with one attached hydrogen (secondary N) is 1. The Morgan fingerprint density at radius 2 is 1.80 bits per heavy atom. The molecule has 0 aliphatic heterocycles. The van der Waals surface area contributed by atoms with Gasteiger partial charge in [-0.2, -0.15) is 18.1 Å². The molecule has 0 spiro atoms. The fourth-order valence-corrected chi connectivity index (χ4v) is 4.58. The van der Waals surface area contributed by atoms with E-state index in [-0.39, 0.29) is 10.3 Å².